The van der Waals surface area contributed by atoms with E-state index in [4.69, 9.17) is 4.74 Å². The largest absolute Gasteiger partial charge is 0.491 e. The van der Waals surface area contributed by atoms with Crippen LogP contribution < -0.4 is 15.4 Å². The minimum Gasteiger partial charge on any atom is -0.491 e. The lowest BCUT2D eigenvalue weighted by molar-refractivity contribution is 0.0831. The molecule has 2 aromatic carbocycles. The van der Waals surface area contributed by atoms with Crippen LogP contribution in [-0.4, -0.2) is 53.3 Å². The summed E-state index contributed by atoms with van der Waals surface area (Å²) in [7, 11) is 3.79. The molecule has 0 fully saturated rings. The average molecular weight is 490 g/mol. The first-order chi connectivity index (χ1) is 14.8. The SMILES string of the molecule is Cc1ccc(F)c(Nc2nc(Nc3ccc(OCC(O)CN(C)C)cc3)ncc2Br)c1. The van der Waals surface area contributed by atoms with E-state index in [0.717, 1.165) is 11.3 Å². The molecule has 1 aromatic heterocycles. The van der Waals surface area contributed by atoms with Crippen LogP contribution in [0.4, 0.5) is 27.5 Å². The molecule has 3 rings (SSSR count). The number of aliphatic hydroxyl groups excluding tert-OH is 1. The van der Waals surface area contributed by atoms with Gasteiger partial charge < -0.3 is 25.4 Å². The number of nitrogens with zero attached hydrogens (tertiary/aromatic N) is 3. The van der Waals surface area contributed by atoms with Crippen LogP contribution in [0.5, 0.6) is 5.75 Å². The standard InChI is InChI=1S/C22H25BrFN5O2/c1-14-4-9-19(24)20(10-14)27-21-18(23)11-25-22(28-21)26-15-5-7-17(8-6-15)31-13-16(30)12-29(2)3/h4-11,16,30H,12-13H2,1-3H3,(H2,25,26,27,28). The summed E-state index contributed by atoms with van der Waals surface area (Å²) in [6, 6.07) is 12.1. The van der Waals surface area contributed by atoms with E-state index in [9.17, 15) is 9.50 Å². The zero-order valence-electron chi connectivity index (χ0n) is 17.6. The smallest absolute Gasteiger partial charge is 0.229 e. The van der Waals surface area contributed by atoms with Crippen molar-refractivity contribution in [2.24, 2.45) is 0 Å². The summed E-state index contributed by atoms with van der Waals surface area (Å²) in [6.07, 6.45) is 1.03. The van der Waals surface area contributed by atoms with Crippen LogP contribution >= 0.6 is 15.9 Å². The molecular weight excluding hydrogens is 465 g/mol. The molecule has 0 spiro atoms. The minimum absolute atomic E-state index is 0.214. The van der Waals surface area contributed by atoms with E-state index < -0.39 is 6.10 Å². The second-order valence-corrected chi connectivity index (χ2v) is 8.23. The van der Waals surface area contributed by atoms with Gasteiger partial charge in [0.2, 0.25) is 5.95 Å². The fourth-order valence-corrected chi connectivity index (χ4v) is 3.10. The zero-order valence-corrected chi connectivity index (χ0v) is 19.1. The number of aryl methyl sites for hydroxylation is 1. The molecule has 31 heavy (non-hydrogen) atoms. The average Bonchev–Trinajstić information content (AvgIpc) is 2.72. The van der Waals surface area contributed by atoms with Gasteiger partial charge in [-0.15, -0.1) is 0 Å². The summed E-state index contributed by atoms with van der Waals surface area (Å²) in [5, 5.41) is 16.0. The Morgan fingerprint density at radius 1 is 1.16 bits per heavy atom. The maximum absolute atomic E-state index is 14.1. The highest BCUT2D eigenvalue weighted by Crippen LogP contribution is 2.27. The highest BCUT2D eigenvalue weighted by molar-refractivity contribution is 9.10. The van der Waals surface area contributed by atoms with Gasteiger partial charge in [-0.05, 0) is 78.9 Å². The van der Waals surface area contributed by atoms with Crippen LogP contribution in [0.3, 0.4) is 0 Å². The van der Waals surface area contributed by atoms with Crippen molar-refractivity contribution in [3.05, 3.63) is 64.5 Å². The van der Waals surface area contributed by atoms with Crippen LogP contribution in [0.1, 0.15) is 5.56 Å². The molecular formula is C22H25BrFN5O2. The van der Waals surface area contributed by atoms with Gasteiger partial charge in [-0.25, -0.2) is 9.37 Å². The number of aromatic nitrogens is 2. The molecule has 9 heteroatoms. The van der Waals surface area contributed by atoms with E-state index in [-0.39, 0.29) is 12.4 Å². The predicted octanol–water partition coefficient (Wildman–Crippen LogP) is 4.48. The molecule has 0 aliphatic rings. The van der Waals surface area contributed by atoms with E-state index in [1.54, 1.807) is 30.5 Å². The maximum Gasteiger partial charge on any atom is 0.229 e. The van der Waals surface area contributed by atoms with Crippen LogP contribution in [0, 0.1) is 12.7 Å². The molecule has 1 unspecified atom stereocenters. The second kappa shape index (κ2) is 10.5. The zero-order chi connectivity index (χ0) is 22.4. The van der Waals surface area contributed by atoms with E-state index in [1.807, 2.05) is 38.1 Å². The second-order valence-electron chi connectivity index (χ2n) is 7.37. The van der Waals surface area contributed by atoms with E-state index in [2.05, 4.69) is 36.5 Å². The number of anilines is 4. The molecule has 164 valence electrons. The molecule has 0 radical (unpaired) electrons. The van der Waals surface area contributed by atoms with Gasteiger partial charge in [0.05, 0.1) is 10.2 Å². The number of ether oxygens (including phenoxy) is 1. The Labute approximate surface area is 189 Å². The van der Waals surface area contributed by atoms with Gasteiger partial charge in [-0.2, -0.15) is 4.98 Å². The Kier molecular flexibility index (Phi) is 7.78. The summed E-state index contributed by atoms with van der Waals surface area (Å²) < 4.78 is 20.3. The lowest BCUT2D eigenvalue weighted by atomic mass is 10.2. The summed E-state index contributed by atoms with van der Waals surface area (Å²) in [4.78, 5) is 10.6. The normalized spacial score (nSPS) is 12.0. The number of benzene rings is 2. The third-order valence-electron chi connectivity index (χ3n) is 4.25. The van der Waals surface area contributed by atoms with Crippen molar-refractivity contribution in [2.45, 2.75) is 13.0 Å². The Morgan fingerprint density at radius 2 is 1.90 bits per heavy atom. The third-order valence-corrected chi connectivity index (χ3v) is 4.83. The Morgan fingerprint density at radius 3 is 2.61 bits per heavy atom. The summed E-state index contributed by atoms with van der Waals surface area (Å²) in [6.45, 7) is 2.64. The van der Waals surface area contributed by atoms with Crippen LogP contribution in [0.2, 0.25) is 0 Å². The molecule has 0 bridgehead atoms. The first kappa shape index (κ1) is 22.9. The molecule has 1 atom stereocenters. The van der Waals surface area contributed by atoms with Gasteiger partial charge in [0.25, 0.3) is 0 Å². The molecule has 0 saturated carbocycles. The summed E-state index contributed by atoms with van der Waals surface area (Å²) in [5.74, 6) is 1.08. The quantitative estimate of drug-likeness (QED) is 0.408. The van der Waals surface area contributed by atoms with Crippen LogP contribution in [-0.2, 0) is 0 Å². The van der Waals surface area contributed by atoms with Crippen LogP contribution in [0.25, 0.3) is 0 Å². The topological polar surface area (TPSA) is 82.5 Å². The van der Waals surface area contributed by atoms with Gasteiger partial charge in [0, 0.05) is 18.4 Å². The lowest BCUT2D eigenvalue weighted by Crippen LogP contribution is -2.30. The van der Waals surface area contributed by atoms with Gasteiger partial charge >= 0.3 is 0 Å². The molecule has 3 N–H and O–H groups in total. The van der Waals surface area contributed by atoms with Crippen molar-refractivity contribution in [2.75, 3.05) is 37.9 Å². The van der Waals surface area contributed by atoms with Crippen molar-refractivity contribution in [3.8, 4) is 5.75 Å². The number of hydrogen-bond acceptors (Lipinski definition) is 7. The van der Waals surface area contributed by atoms with Gasteiger partial charge in [0.1, 0.15) is 30.1 Å². The molecule has 0 saturated heterocycles. The third kappa shape index (κ3) is 6.88. The number of likely N-dealkylation sites (N-methyl/N-ethyl adjacent to an activating group) is 1. The van der Waals surface area contributed by atoms with Crippen molar-refractivity contribution in [3.63, 3.8) is 0 Å². The lowest BCUT2D eigenvalue weighted by Gasteiger charge is -2.16. The number of nitrogens with one attached hydrogen (secondary N) is 2. The van der Waals surface area contributed by atoms with Gasteiger partial charge in [-0.1, -0.05) is 6.07 Å². The van der Waals surface area contributed by atoms with Gasteiger partial charge in [-0.3, -0.25) is 0 Å². The summed E-state index contributed by atoms with van der Waals surface area (Å²) in [5.41, 5.74) is 2.03. The van der Waals surface area contributed by atoms with Crippen molar-refractivity contribution in [1.82, 2.24) is 14.9 Å². The minimum atomic E-state index is -0.562. The first-order valence-electron chi connectivity index (χ1n) is 9.68. The van der Waals surface area contributed by atoms with Crippen molar-refractivity contribution < 1.29 is 14.2 Å². The molecule has 0 aliphatic heterocycles. The van der Waals surface area contributed by atoms with Crippen molar-refractivity contribution in [1.29, 1.82) is 0 Å². The first-order valence-corrected chi connectivity index (χ1v) is 10.5. The highest BCUT2D eigenvalue weighted by Gasteiger charge is 2.10. The monoisotopic (exact) mass is 489 g/mol. The molecule has 0 aliphatic carbocycles. The highest BCUT2D eigenvalue weighted by atomic mass is 79.9. The molecule has 1 heterocycles. The van der Waals surface area contributed by atoms with E-state index in [0.29, 0.717) is 34.2 Å². The maximum atomic E-state index is 14.1. The Hall–Kier alpha value is -2.75. The summed E-state index contributed by atoms with van der Waals surface area (Å²) >= 11 is 3.39. The Balaban J connectivity index is 1.65. The van der Waals surface area contributed by atoms with Gasteiger partial charge in [0.15, 0.2) is 0 Å². The molecule has 7 nitrogen and oxygen atoms in total. The van der Waals surface area contributed by atoms with Crippen molar-refractivity contribution >= 4 is 39.1 Å². The number of rotatable bonds is 9. The molecule has 3 aromatic rings. The van der Waals surface area contributed by atoms with E-state index >= 15 is 0 Å². The Bertz CT molecular complexity index is 1020. The molecule has 0 amide bonds. The number of aliphatic hydroxyl groups is 1. The number of hydrogen-bond donors (Lipinski definition) is 3. The van der Waals surface area contributed by atoms with Crippen LogP contribution in [0.15, 0.2) is 53.1 Å². The fourth-order valence-electron chi connectivity index (χ4n) is 2.81. The predicted molar refractivity (Wildman–Crippen MR) is 124 cm³/mol. The number of halogens is 2. The fraction of sp³-hybridized carbons (Fsp3) is 0.273. The van der Waals surface area contributed by atoms with E-state index in [1.165, 1.54) is 6.07 Å².